The van der Waals surface area contributed by atoms with Crippen LogP contribution in [0.4, 0.5) is 10.1 Å². The highest BCUT2D eigenvalue weighted by Gasteiger charge is 2.53. The van der Waals surface area contributed by atoms with Gasteiger partial charge in [0.1, 0.15) is 12.4 Å². The topological polar surface area (TPSA) is 129 Å². The summed E-state index contributed by atoms with van der Waals surface area (Å²) >= 11 is 3.43. The Balaban J connectivity index is 1.82. The molecule has 2 atom stereocenters. The molecule has 3 aromatic carbocycles. The van der Waals surface area contributed by atoms with E-state index < -0.39 is 24.2 Å². The predicted molar refractivity (Wildman–Crippen MR) is 149 cm³/mol. The summed E-state index contributed by atoms with van der Waals surface area (Å²) in [5.41, 5.74) is 9.83. The standard InChI is InChI=1S/C28H27BrFN5O4/c29-21-10-6-19(7-11-21)18-28(27(37)32-15-14-30)25(23-4-1-2-5-24(23)34-35-31)39-26(33-28)20-8-12-22(13-9-20)38-17-3-16-36/h1-2,4-13,25,36H,3,14-18H2,(H,32,37)/t25-,28-/m1/s1. The summed E-state index contributed by atoms with van der Waals surface area (Å²) in [6, 6.07) is 21.3. The normalized spacial score (nSPS) is 18.0. The number of alkyl halides is 1. The fourth-order valence-electron chi connectivity index (χ4n) is 4.34. The fraction of sp³-hybridized carbons (Fsp3) is 0.286. The maximum atomic E-state index is 13.8. The van der Waals surface area contributed by atoms with E-state index in [0.29, 0.717) is 35.6 Å². The molecule has 9 nitrogen and oxygen atoms in total. The van der Waals surface area contributed by atoms with Gasteiger partial charge in [0, 0.05) is 52.2 Å². The number of carbonyl (C=O) groups is 1. The first-order valence-electron chi connectivity index (χ1n) is 12.3. The Bertz CT molecular complexity index is 1360. The van der Waals surface area contributed by atoms with Crippen molar-refractivity contribution in [1.82, 2.24) is 5.32 Å². The van der Waals surface area contributed by atoms with Crippen molar-refractivity contribution in [2.45, 2.75) is 24.5 Å². The van der Waals surface area contributed by atoms with Crippen molar-refractivity contribution in [3.63, 3.8) is 0 Å². The molecule has 0 fully saturated rings. The molecule has 0 bridgehead atoms. The highest BCUT2D eigenvalue weighted by Crippen LogP contribution is 2.45. The smallest absolute Gasteiger partial charge is 0.252 e. The molecule has 0 spiro atoms. The summed E-state index contributed by atoms with van der Waals surface area (Å²) in [6.07, 6.45) is -0.325. The van der Waals surface area contributed by atoms with Crippen LogP contribution in [0, 0.1) is 0 Å². The van der Waals surface area contributed by atoms with E-state index in [2.05, 4.69) is 31.3 Å². The third-order valence-electron chi connectivity index (χ3n) is 6.17. The van der Waals surface area contributed by atoms with Crippen molar-refractivity contribution < 1.29 is 23.8 Å². The average Bonchev–Trinajstić information content (AvgIpc) is 3.34. The fourth-order valence-corrected chi connectivity index (χ4v) is 4.60. The first-order valence-corrected chi connectivity index (χ1v) is 13.1. The maximum absolute atomic E-state index is 13.8. The van der Waals surface area contributed by atoms with Crippen molar-refractivity contribution >= 4 is 33.4 Å². The summed E-state index contributed by atoms with van der Waals surface area (Å²) in [5, 5.41) is 15.4. The number of halogens is 2. The molecule has 1 heterocycles. The lowest BCUT2D eigenvalue weighted by atomic mass is 9.81. The molecule has 0 aromatic heterocycles. The molecule has 0 saturated carbocycles. The lowest BCUT2D eigenvalue weighted by Gasteiger charge is -2.31. The minimum absolute atomic E-state index is 0.0341. The van der Waals surface area contributed by atoms with Crippen molar-refractivity contribution in [2.75, 3.05) is 26.4 Å². The second kappa shape index (κ2) is 13.2. The van der Waals surface area contributed by atoms with E-state index in [1.807, 2.05) is 24.3 Å². The van der Waals surface area contributed by atoms with Gasteiger partial charge >= 0.3 is 0 Å². The summed E-state index contributed by atoms with van der Waals surface area (Å²) in [4.78, 5) is 21.6. The molecular formula is C28H27BrFN5O4. The van der Waals surface area contributed by atoms with Gasteiger partial charge in [-0.25, -0.2) is 9.38 Å². The van der Waals surface area contributed by atoms with Crippen LogP contribution in [0.25, 0.3) is 10.4 Å². The molecule has 39 heavy (non-hydrogen) atoms. The summed E-state index contributed by atoms with van der Waals surface area (Å²) in [5.74, 6) is 0.311. The van der Waals surface area contributed by atoms with E-state index in [-0.39, 0.29) is 25.5 Å². The van der Waals surface area contributed by atoms with Gasteiger partial charge in [-0.15, -0.1) is 0 Å². The van der Waals surface area contributed by atoms with Gasteiger partial charge in [-0.1, -0.05) is 57.4 Å². The lowest BCUT2D eigenvalue weighted by molar-refractivity contribution is -0.129. The quantitative estimate of drug-likeness (QED) is 0.120. The predicted octanol–water partition coefficient (Wildman–Crippen LogP) is 5.74. The SMILES string of the molecule is [N-]=[N+]=Nc1ccccc1[C@H]1OC(c2ccc(OCCCO)cc2)=N[C@@]1(Cc1ccc(Br)cc1)C(=O)NCCF. The molecule has 1 amide bonds. The van der Waals surface area contributed by atoms with Crippen molar-refractivity contribution in [1.29, 1.82) is 0 Å². The Labute approximate surface area is 233 Å². The molecular weight excluding hydrogens is 569 g/mol. The van der Waals surface area contributed by atoms with E-state index >= 15 is 0 Å². The van der Waals surface area contributed by atoms with Gasteiger partial charge in [-0.3, -0.25) is 4.79 Å². The van der Waals surface area contributed by atoms with E-state index in [9.17, 15) is 14.7 Å². The van der Waals surface area contributed by atoms with E-state index in [0.717, 1.165) is 10.0 Å². The van der Waals surface area contributed by atoms with Crippen LogP contribution in [0.5, 0.6) is 5.75 Å². The van der Waals surface area contributed by atoms with Crippen molar-refractivity contribution in [3.05, 3.63) is 104 Å². The van der Waals surface area contributed by atoms with E-state index in [4.69, 9.17) is 19.6 Å². The maximum Gasteiger partial charge on any atom is 0.252 e. The van der Waals surface area contributed by atoms with Crippen LogP contribution in [0.15, 0.2) is 87.4 Å². The Hall–Kier alpha value is -3.92. The third-order valence-corrected chi connectivity index (χ3v) is 6.70. The summed E-state index contributed by atoms with van der Waals surface area (Å²) in [6.45, 7) is -0.519. The van der Waals surface area contributed by atoms with Gasteiger partial charge in [-0.2, -0.15) is 0 Å². The molecule has 11 heteroatoms. The summed E-state index contributed by atoms with van der Waals surface area (Å²) in [7, 11) is 0. The lowest BCUT2D eigenvalue weighted by Crippen LogP contribution is -2.50. The number of azide groups is 1. The van der Waals surface area contributed by atoms with Crippen LogP contribution in [-0.4, -0.2) is 48.9 Å². The van der Waals surface area contributed by atoms with Crippen LogP contribution >= 0.6 is 15.9 Å². The van der Waals surface area contributed by atoms with Crippen LogP contribution in [0.1, 0.15) is 29.2 Å². The average molecular weight is 596 g/mol. The zero-order valence-electron chi connectivity index (χ0n) is 21.0. The molecule has 1 aliphatic rings. The Morgan fingerprint density at radius 2 is 1.92 bits per heavy atom. The number of hydrogen-bond acceptors (Lipinski definition) is 6. The third kappa shape index (κ3) is 6.57. The van der Waals surface area contributed by atoms with Crippen LogP contribution in [-0.2, 0) is 16.0 Å². The Kier molecular flexibility index (Phi) is 9.54. The zero-order valence-corrected chi connectivity index (χ0v) is 22.6. The van der Waals surface area contributed by atoms with Crippen LogP contribution in [0.3, 0.4) is 0 Å². The number of aliphatic hydroxyl groups excluding tert-OH is 1. The number of ether oxygens (including phenoxy) is 2. The number of hydrogen-bond donors (Lipinski definition) is 2. The molecule has 202 valence electrons. The molecule has 1 aliphatic heterocycles. The van der Waals surface area contributed by atoms with Crippen LogP contribution < -0.4 is 10.1 Å². The van der Waals surface area contributed by atoms with Gasteiger partial charge < -0.3 is 19.9 Å². The van der Waals surface area contributed by atoms with Gasteiger partial charge in [0.2, 0.25) is 5.90 Å². The number of nitrogens with zero attached hydrogens (tertiary/aromatic N) is 4. The first-order chi connectivity index (χ1) is 19.0. The molecule has 0 saturated heterocycles. The number of benzene rings is 3. The van der Waals surface area contributed by atoms with E-state index in [1.165, 1.54) is 0 Å². The second-order valence-corrected chi connectivity index (χ2v) is 9.70. The van der Waals surface area contributed by atoms with Crippen molar-refractivity contribution in [2.24, 2.45) is 10.1 Å². The molecule has 0 aliphatic carbocycles. The number of amides is 1. The zero-order chi connectivity index (χ0) is 27.7. The van der Waals surface area contributed by atoms with Crippen LogP contribution in [0.2, 0.25) is 0 Å². The molecule has 3 aromatic rings. The molecule has 4 rings (SSSR count). The number of aliphatic imine (C=N–C) groups is 1. The van der Waals surface area contributed by atoms with Gasteiger partial charge in [-0.05, 0) is 47.5 Å². The number of aliphatic hydroxyl groups is 1. The van der Waals surface area contributed by atoms with Gasteiger partial charge in [0.15, 0.2) is 11.6 Å². The first kappa shape index (κ1) is 28.1. The molecule has 0 radical (unpaired) electrons. The summed E-state index contributed by atoms with van der Waals surface area (Å²) < 4.78 is 26.0. The Morgan fingerprint density at radius 1 is 1.18 bits per heavy atom. The number of carbonyl (C=O) groups excluding carboxylic acids is 1. The minimum Gasteiger partial charge on any atom is -0.494 e. The highest BCUT2D eigenvalue weighted by molar-refractivity contribution is 9.10. The monoisotopic (exact) mass is 595 g/mol. The minimum atomic E-state index is -1.53. The van der Waals surface area contributed by atoms with Gasteiger partial charge in [0.25, 0.3) is 5.91 Å². The van der Waals surface area contributed by atoms with E-state index in [1.54, 1.807) is 48.5 Å². The molecule has 2 N–H and O–H groups in total. The second-order valence-electron chi connectivity index (χ2n) is 8.79. The largest absolute Gasteiger partial charge is 0.494 e. The van der Waals surface area contributed by atoms with Crippen molar-refractivity contribution in [3.8, 4) is 5.75 Å². The van der Waals surface area contributed by atoms with Gasteiger partial charge in [0.05, 0.1) is 6.61 Å². The number of rotatable bonds is 12. The Morgan fingerprint density at radius 3 is 2.62 bits per heavy atom. The molecule has 0 unspecified atom stereocenters. The highest BCUT2D eigenvalue weighted by atomic mass is 79.9. The number of nitrogens with one attached hydrogen (secondary N) is 1.